The van der Waals surface area contributed by atoms with Crippen LogP contribution in [0.2, 0.25) is 0 Å². The first-order valence-corrected chi connectivity index (χ1v) is 11.8. The van der Waals surface area contributed by atoms with Crippen LogP contribution in [0.3, 0.4) is 0 Å². The van der Waals surface area contributed by atoms with E-state index in [1.807, 2.05) is 66.7 Å². The van der Waals surface area contributed by atoms with Crippen LogP contribution in [0.25, 0.3) is 0 Å². The number of ether oxygens (including phenoxy) is 3. The highest BCUT2D eigenvalue weighted by Crippen LogP contribution is 2.33. The molecule has 0 radical (unpaired) electrons. The molecular weight excluding hydrogens is 444 g/mol. The number of carbonyl (C=O) groups is 2. The number of rotatable bonds is 7. The standard InChI is InChI=1S/C28H28N2O5/c31-27(18-33-24-9-5-2-6-10-24)30-16-22(21-7-3-1-4-8-21)14-23(17-30)28(32)29-15-20-11-12-25-26(13-20)35-19-34-25/h1-13,22-23H,14-19H2,(H,29,32). The second kappa shape index (κ2) is 10.5. The monoisotopic (exact) mass is 472 g/mol. The van der Waals surface area contributed by atoms with Crippen molar-refractivity contribution in [3.63, 3.8) is 0 Å². The summed E-state index contributed by atoms with van der Waals surface area (Å²) in [6.45, 7) is 1.47. The number of piperidine rings is 1. The molecule has 2 atom stereocenters. The molecule has 2 heterocycles. The van der Waals surface area contributed by atoms with E-state index in [0.29, 0.717) is 43.3 Å². The summed E-state index contributed by atoms with van der Waals surface area (Å²) in [4.78, 5) is 28.0. The number of fused-ring (bicyclic) bond motifs is 1. The van der Waals surface area contributed by atoms with Gasteiger partial charge in [0.15, 0.2) is 18.1 Å². The molecule has 1 N–H and O–H groups in total. The maximum absolute atomic E-state index is 13.2. The average molecular weight is 473 g/mol. The molecule has 1 fully saturated rings. The van der Waals surface area contributed by atoms with Gasteiger partial charge in [-0.1, -0.05) is 54.6 Å². The van der Waals surface area contributed by atoms with Gasteiger partial charge in [-0.15, -0.1) is 0 Å². The van der Waals surface area contributed by atoms with E-state index in [1.54, 1.807) is 4.90 Å². The third kappa shape index (κ3) is 5.57. The normalized spacial score (nSPS) is 18.7. The first-order valence-electron chi connectivity index (χ1n) is 11.8. The number of carbonyl (C=O) groups excluding carboxylic acids is 2. The number of amides is 2. The van der Waals surface area contributed by atoms with Gasteiger partial charge in [0.25, 0.3) is 5.91 Å². The van der Waals surface area contributed by atoms with Crippen LogP contribution in [-0.4, -0.2) is 43.2 Å². The minimum Gasteiger partial charge on any atom is -0.484 e. The van der Waals surface area contributed by atoms with E-state index in [9.17, 15) is 9.59 Å². The van der Waals surface area contributed by atoms with Crippen molar-refractivity contribution in [2.75, 3.05) is 26.5 Å². The number of nitrogens with zero attached hydrogens (tertiary/aromatic N) is 1. The van der Waals surface area contributed by atoms with Gasteiger partial charge in [-0.25, -0.2) is 0 Å². The van der Waals surface area contributed by atoms with Crippen molar-refractivity contribution < 1.29 is 23.8 Å². The van der Waals surface area contributed by atoms with Crippen molar-refractivity contribution in [3.8, 4) is 17.2 Å². The van der Waals surface area contributed by atoms with Crippen LogP contribution in [0.4, 0.5) is 0 Å². The maximum Gasteiger partial charge on any atom is 0.260 e. The summed E-state index contributed by atoms with van der Waals surface area (Å²) in [7, 11) is 0. The Kier molecular flexibility index (Phi) is 6.84. The predicted molar refractivity (Wildman–Crippen MR) is 130 cm³/mol. The van der Waals surface area contributed by atoms with Crippen molar-refractivity contribution >= 4 is 11.8 Å². The van der Waals surface area contributed by atoms with Crippen LogP contribution < -0.4 is 19.5 Å². The fraction of sp³-hybridized carbons (Fsp3) is 0.286. The lowest BCUT2D eigenvalue weighted by molar-refractivity contribution is -0.138. The van der Waals surface area contributed by atoms with Gasteiger partial charge >= 0.3 is 0 Å². The Hall–Kier alpha value is -4.00. The summed E-state index contributed by atoms with van der Waals surface area (Å²) in [6.07, 6.45) is 0.681. The lowest BCUT2D eigenvalue weighted by Crippen LogP contribution is -2.49. The summed E-state index contributed by atoms with van der Waals surface area (Å²) < 4.78 is 16.5. The fourth-order valence-corrected chi connectivity index (χ4v) is 4.60. The Balaban J connectivity index is 1.25. The van der Waals surface area contributed by atoms with Crippen LogP contribution in [0.15, 0.2) is 78.9 Å². The van der Waals surface area contributed by atoms with Gasteiger partial charge in [0, 0.05) is 25.6 Å². The molecule has 2 aliphatic heterocycles. The maximum atomic E-state index is 13.2. The second-order valence-electron chi connectivity index (χ2n) is 8.85. The van der Waals surface area contributed by atoms with Gasteiger partial charge < -0.3 is 24.4 Å². The summed E-state index contributed by atoms with van der Waals surface area (Å²) in [5.74, 6) is 1.62. The number of hydrogen-bond donors (Lipinski definition) is 1. The molecule has 0 spiro atoms. The van der Waals surface area contributed by atoms with Crippen molar-refractivity contribution in [3.05, 3.63) is 90.0 Å². The molecule has 7 heteroatoms. The fourth-order valence-electron chi connectivity index (χ4n) is 4.60. The summed E-state index contributed by atoms with van der Waals surface area (Å²) in [5.41, 5.74) is 2.06. The van der Waals surface area contributed by atoms with E-state index >= 15 is 0 Å². The first kappa shape index (κ1) is 22.8. The zero-order valence-corrected chi connectivity index (χ0v) is 19.4. The average Bonchev–Trinajstić information content (AvgIpc) is 3.39. The Morgan fingerprint density at radius 3 is 2.46 bits per heavy atom. The lowest BCUT2D eigenvalue weighted by atomic mass is 9.84. The molecular formula is C28H28N2O5. The number of benzene rings is 3. The number of para-hydroxylation sites is 1. The molecule has 5 rings (SSSR count). The van der Waals surface area contributed by atoms with Crippen molar-refractivity contribution in [2.45, 2.75) is 18.9 Å². The lowest BCUT2D eigenvalue weighted by Gasteiger charge is -2.37. The molecule has 2 unspecified atom stereocenters. The topological polar surface area (TPSA) is 77.1 Å². The molecule has 180 valence electrons. The molecule has 0 aromatic heterocycles. The number of likely N-dealkylation sites (tertiary alicyclic amines) is 1. The van der Waals surface area contributed by atoms with E-state index in [4.69, 9.17) is 14.2 Å². The Labute approximate surface area is 204 Å². The van der Waals surface area contributed by atoms with Gasteiger partial charge in [-0.3, -0.25) is 9.59 Å². The number of nitrogens with one attached hydrogen (secondary N) is 1. The van der Waals surface area contributed by atoms with Crippen LogP contribution in [0.1, 0.15) is 23.5 Å². The van der Waals surface area contributed by atoms with E-state index in [-0.39, 0.29) is 37.0 Å². The molecule has 3 aromatic rings. The van der Waals surface area contributed by atoms with E-state index in [2.05, 4.69) is 17.4 Å². The van der Waals surface area contributed by atoms with Gasteiger partial charge in [-0.05, 0) is 41.8 Å². The largest absolute Gasteiger partial charge is 0.484 e. The minimum absolute atomic E-state index is 0.0585. The molecule has 3 aromatic carbocycles. The van der Waals surface area contributed by atoms with Crippen molar-refractivity contribution in [1.29, 1.82) is 0 Å². The third-order valence-electron chi connectivity index (χ3n) is 6.45. The highest BCUT2D eigenvalue weighted by atomic mass is 16.7. The smallest absolute Gasteiger partial charge is 0.260 e. The quantitative estimate of drug-likeness (QED) is 0.567. The second-order valence-corrected chi connectivity index (χ2v) is 8.85. The Morgan fingerprint density at radius 2 is 1.66 bits per heavy atom. The van der Waals surface area contributed by atoms with Gasteiger partial charge in [0.05, 0.1) is 5.92 Å². The molecule has 0 aliphatic carbocycles. The SMILES string of the molecule is O=C(NCc1ccc2c(c1)OCO2)C1CC(c2ccccc2)CN(C(=O)COc2ccccc2)C1. The van der Waals surface area contributed by atoms with Gasteiger partial charge in [0.1, 0.15) is 5.75 Å². The Morgan fingerprint density at radius 1 is 0.914 bits per heavy atom. The number of hydrogen-bond acceptors (Lipinski definition) is 5. The Bertz CT molecular complexity index is 1170. The van der Waals surface area contributed by atoms with Gasteiger partial charge in [-0.2, -0.15) is 0 Å². The highest BCUT2D eigenvalue weighted by molar-refractivity contribution is 5.82. The molecule has 0 saturated carbocycles. The van der Waals surface area contributed by atoms with Crippen LogP contribution in [0.5, 0.6) is 17.2 Å². The third-order valence-corrected chi connectivity index (χ3v) is 6.45. The van der Waals surface area contributed by atoms with Crippen LogP contribution >= 0.6 is 0 Å². The predicted octanol–water partition coefficient (Wildman–Crippen LogP) is 3.74. The molecule has 2 aliphatic rings. The van der Waals surface area contributed by atoms with Gasteiger partial charge in [0.2, 0.25) is 12.7 Å². The zero-order valence-electron chi connectivity index (χ0n) is 19.4. The van der Waals surface area contributed by atoms with Crippen LogP contribution in [-0.2, 0) is 16.1 Å². The summed E-state index contributed by atoms with van der Waals surface area (Å²) >= 11 is 0. The van der Waals surface area contributed by atoms with E-state index < -0.39 is 0 Å². The first-order chi connectivity index (χ1) is 17.2. The summed E-state index contributed by atoms with van der Waals surface area (Å²) in [6, 6.07) is 25.0. The van der Waals surface area contributed by atoms with E-state index in [1.165, 1.54) is 0 Å². The van der Waals surface area contributed by atoms with Crippen LogP contribution in [0, 0.1) is 5.92 Å². The molecule has 7 nitrogen and oxygen atoms in total. The van der Waals surface area contributed by atoms with Crippen molar-refractivity contribution in [2.24, 2.45) is 5.92 Å². The molecule has 1 saturated heterocycles. The summed E-state index contributed by atoms with van der Waals surface area (Å²) in [5, 5.41) is 3.04. The molecule has 35 heavy (non-hydrogen) atoms. The minimum atomic E-state index is -0.316. The van der Waals surface area contributed by atoms with Crippen molar-refractivity contribution in [1.82, 2.24) is 10.2 Å². The highest BCUT2D eigenvalue weighted by Gasteiger charge is 2.34. The molecule has 2 amide bonds. The van der Waals surface area contributed by atoms with E-state index in [0.717, 1.165) is 11.1 Å². The molecule has 0 bridgehead atoms. The zero-order chi connectivity index (χ0) is 24.0.